The van der Waals surface area contributed by atoms with Gasteiger partial charge in [0.25, 0.3) is 0 Å². The molecule has 2 heterocycles. The number of nitrogens with one attached hydrogen (secondary N) is 2. The molecule has 2 atom stereocenters. The van der Waals surface area contributed by atoms with Crippen LogP contribution < -0.4 is 15.4 Å². The zero-order chi connectivity index (χ0) is 21.3. The van der Waals surface area contributed by atoms with Crippen molar-refractivity contribution in [2.24, 2.45) is 10.9 Å². The lowest BCUT2D eigenvalue weighted by molar-refractivity contribution is 0.141. The second-order valence-electron chi connectivity index (χ2n) is 8.96. The van der Waals surface area contributed by atoms with E-state index < -0.39 is 0 Å². The van der Waals surface area contributed by atoms with E-state index in [9.17, 15) is 0 Å². The molecule has 2 aliphatic heterocycles. The zero-order valence-electron chi connectivity index (χ0n) is 19.4. The Bertz CT molecular complexity index is 654. The topological polar surface area (TPSA) is 52.1 Å². The van der Waals surface area contributed by atoms with Crippen molar-refractivity contribution in [3.8, 4) is 5.75 Å². The van der Waals surface area contributed by atoms with Crippen molar-refractivity contribution in [1.82, 2.24) is 20.4 Å². The Balaban J connectivity index is 1.55. The van der Waals surface area contributed by atoms with E-state index >= 15 is 0 Å². The number of methoxy groups -OCH3 is 1. The summed E-state index contributed by atoms with van der Waals surface area (Å²) in [6.45, 7) is 11.2. The maximum atomic E-state index is 5.34. The highest BCUT2D eigenvalue weighted by molar-refractivity contribution is 5.79. The molecule has 1 aromatic rings. The smallest absolute Gasteiger partial charge is 0.191 e. The van der Waals surface area contributed by atoms with Crippen LogP contribution >= 0.6 is 0 Å². The molecule has 0 saturated carbocycles. The second-order valence-corrected chi connectivity index (χ2v) is 8.96. The number of likely N-dealkylation sites (tertiary alicyclic amines) is 2. The SMILES string of the molecule is CN=C(NCC1CCCN(C(C)C)C1)NCC(c1ccc(OC)cc1)N1CCCC1. The van der Waals surface area contributed by atoms with Crippen molar-refractivity contribution < 1.29 is 4.74 Å². The van der Waals surface area contributed by atoms with Crippen LogP contribution in [-0.2, 0) is 0 Å². The molecule has 2 fully saturated rings. The van der Waals surface area contributed by atoms with Gasteiger partial charge in [-0.1, -0.05) is 12.1 Å². The maximum absolute atomic E-state index is 5.34. The third-order valence-corrected chi connectivity index (χ3v) is 6.61. The molecule has 6 heteroatoms. The largest absolute Gasteiger partial charge is 0.497 e. The van der Waals surface area contributed by atoms with Gasteiger partial charge in [-0.2, -0.15) is 0 Å². The molecule has 2 unspecified atom stereocenters. The van der Waals surface area contributed by atoms with Crippen LogP contribution in [0.3, 0.4) is 0 Å². The summed E-state index contributed by atoms with van der Waals surface area (Å²) >= 11 is 0. The minimum atomic E-state index is 0.350. The normalized spacial score (nSPS) is 22.3. The molecule has 0 spiro atoms. The van der Waals surface area contributed by atoms with Crippen LogP contribution in [0.25, 0.3) is 0 Å². The first-order valence-corrected chi connectivity index (χ1v) is 11.7. The first kappa shape index (κ1) is 22.9. The van der Waals surface area contributed by atoms with Crippen LogP contribution in [0.15, 0.2) is 29.3 Å². The molecule has 2 aliphatic rings. The summed E-state index contributed by atoms with van der Waals surface area (Å²) in [7, 11) is 3.59. The van der Waals surface area contributed by atoms with Crippen LogP contribution in [0.4, 0.5) is 0 Å². The summed E-state index contributed by atoms with van der Waals surface area (Å²) in [6.07, 6.45) is 5.17. The van der Waals surface area contributed by atoms with Crippen molar-refractivity contribution >= 4 is 5.96 Å². The van der Waals surface area contributed by atoms with Crippen LogP contribution in [-0.4, -0.2) is 75.2 Å². The van der Waals surface area contributed by atoms with Gasteiger partial charge in [-0.3, -0.25) is 9.89 Å². The van der Waals surface area contributed by atoms with Gasteiger partial charge in [0.15, 0.2) is 5.96 Å². The van der Waals surface area contributed by atoms with Crippen LogP contribution in [0.1, 0.15) is 51.1 Å². The van der Waals surface area contributed by atoms with Crippen LogP contribution in [0.2, 0.25) is 0 Å². The molecule has 30 heavy (non-hydrogen) atoms. The molecular weight excluding hydrogens is 374 g/mol. The second kappa shape index (κ2) is 11.6. The molecule has 3 rings (SSSR count). The number of guanidine groups is 1. The Morgan fingerprint density at radius 1 is 1.07 bits per heavy atom. The van der Waals surface area contributed by atoms with Crippen LogP contribution in [0.5, 0.6) is 5.75 Å². The summed E-state index contributed by atoms with van der Waals surface area (Å²) in [5.74, 6) is 2.51. The standard InChI is InChI=1S/C24H41N5O/c1-19(2)29-15-7-8-20(18-29)16-26-24(25-3)27-17-23(28-13-5-6-14-28)21-9-11-22(30-4)12-10-21/h9-12,19-20,23H,5-8,13-18H2,1-4H3,(H2,25,26,27). The van der Waals surface area contributed by atoms with Crippen molar-refractivity contribution in [3.05, 3.63) is 29.8 Å². The fraction of sp³-hybridized carbons (Fsp3) is 0.708. The number of hydrogen-bond acceptors (Lipinski definition) is 4. The Kier molecular flexibility index (Phi) is 8.82. The summed E-state index contributed by atoms with van der Waals surface area (Å²) < 4.78 is 5.34. The number of aliphatic imine (C=N–C) groups is 1. The molecular formula is C24H41N5O. The predicted octanol–water partition coefficient (Wildman–Crippen LogP) is 3.12. The highest BCUT2D eigenvalue weighted by Crippen LogP contribution is 2.26. The van der Waals surface area contributed by atoms with Gasteiger partial charge in [-0.05, 0) is 82.8 Å². The molecule has 0 bridgehead atoms. The third-order valence-electron chi connectivity index (χ3n) is 6.61. The van der Waals surface area contributed by atoms with E-state index in [1.165, 1.54) is 44.3 Å². The first-order valence-electron chi connectivity index (χ1n) is 11.7. The van der Waals surface area contributed by atoms with Gasteiger partial charge in [0.1, 0.15) is 5.75 Å². The monoisotopic (exact) mass is 415 g/mol. The number of rotatable bonds is 8. The van der Waals surface area contributed by atoms with Gasteiger partial charge in [0.05, 0.1) is 13.2 Å². The van der Waals surface area contributed by atoms with Gasteiger partial charge in [0, 0.05) is 32.7 Å². The highest BCUT2D eigenvalue weighted by atomic mass is 16.5. The number of nitrogens with zero attached hydrogens (tertiary/aromatic N) is 3. The predicted molar refractivity (Wildman–Crippen MR) is 125 cm³/mol. The van der Waals surface area contributed by atoms with E-state index in [1.54, 1.807) is 7.11 Å². The minimum absolute atomic E-state index is 0.350. The quantitative estimate of drug-likeness (QED) is 0.505. The molecule has 0 aliphatic carbocycles. The summed E-state index contributed by atoms with van der Waals surface area (Å²) in [4.78, 5) is 9.67. The number of benzene rings is 1. The first-order chi connectivity index (χ1) is 14.6. The Hall–Kier alpha value is -1.79. The summed E-state index contributed by atoms with van der Waals surface area (Å²) in [5.41, 5.74) is 1.33. The number of ether oxygens (including phenoxy) is 1. The van der Waals surface area contributed by atoms with Crippen molar-refractivity contribution in [2.45, 2.75) is 51.6 Å². The average Bonchev–Trinajstić information content (AvgIpc) is 3.31. The van der Waals surface area contributed by atoms with E-state index in [0.29, 0.717) is 18.0 Å². The van der Waals surface area contributed by atoms with Gasteiger partial charge < -0.3 is 20.3 Å². The Morgan fingerprint density at radius 2 is 1.77 bits per heavy atom. The van der Waals surface area contributed by atoms with E-state index in [2.05, 4.69) is 63.5 Å². The fourth-order valence-corrected chi connectivity index (χ4v) is 4.72. The molecule has 0 amide bonds. The van der Waals surface area contributed by atoms with Crippen molar-refractivity contribution in [2.75, 3.05) is 53.4 Å². The van der Waals surface area contributed by atoms with Gasteiger partial charge in [-0.25, -0.2) is 0 Å². The summed E-state index contributed by atoms with van der Waals surface area (Å²) in [6, 6.07) is 9.51. The fourth-order valence-electron chi connectivity index (χ4n) is 4.72. The number of hydrogen-bond donors (Lipinski definition) is 2. The molecule has 0 aromatic heterocycles. The van der Waals surface area contributed by atoms with E-state index in [1.807, 2.05) is 7.05 Å². The average molecular weight is 416 g/mol. The Morgan fingerprint density at radius 3 is 2.40 bits per heavy atom. The van der Waals surface area contributed by atoms with Crippen LogP contribution in [0, 0.1) is 5.92 Å². The lowest BCUT2D eigenvalue weighted by Gasteiger charge is -2.35. The van der Waals surface area contributed by atoms with Gasteiger partial charge in [0.2, 0.25) is 0 Å². The van der Waals surface area contributed by atoms with Gasteiger partial charge in [-0.15, -0.1) is 0 Å². The van der Waals surface area contributed by atoms with E-state index in [4.69, 9.17) is 4.74 Å². The van der Waals surface area contributed by atoms with Crippen molar-refractivity contribution in [1.29, 1.82) is 0 Å². The van der Waals surface area contributed by atoms with Crippen molar-refractivity contribution in [3.63, 3.8) is 0 Å². The Labute approximate surface area is 183 Å². The third kappa shape index (κ3) is 6.35. The summed E-state index contributed by atoms with van der Waals surface area (Å²) in [5, 5.41) is 7.19. The highest BCUT2D eigenvalue weighted by Gasteiger charge is 2.24. The molecule has 168 valence electrons. The maximum Gasteiger partial charge on any atom is 0.191 e. The minimum Gasteiger partial charge on any atom is -0.497 e. The van der Waals surface area contributed by atoms with E-state index in [0.717, 1.165) is 37.9 Å². The lowest BCUT2D eigenvalue weighted by atomic mass is 9.97. The molecule has 2 N–H and O–H groups in total. The molecule has 2 saturated heterocycles. The zero-order valence-corrected chi connectivity index (χ0v) is 19.4. The lowest BCUT2D eigenvalue weighted by Crippen LogP contribution is -2.47. The number of piperidine rings is 1. The molecule has 1 aromatic carbocycles. The molecule has 6 nitrogen and oxygen atoms in total. The molecule has 0 radical (unpaired) electrons. The van der Waals surface area contributed by atoms with Gasteiger partial charge >= 0.3 is 0 Å². The van der Waals surface area contributed by atoms with E-state index in [-0.39, 0.29) is 0 Å².